The molecule has 0 unspecified atom stereocenters. The van der Waals surface area contributed by atoms with Gasteiger partial charge in [0.15, 0.2) is 0 Å². The first-order valence-electron chi connectivity index (χ1n) is 10.7. The van der Waals surface area contributed by atoms with Crippen molar-refractivity contribution >= 4 is 62.2 Å². The lowest BCUT2D eigenvalue weighted by Gasteiger charge is -2.10. The molecule has 2 N–H and O–H groups in total. The number of aromatic nitrogens is 3. The molecular formula is C25H13Cl2F3N4O3S. The van der Waals surface area contributed by atoms with Crippen LogP contribution in [0.15, 0.2) is 66.9 Å². The lowest BCUT2D eigenvalue weighted by Crippen LogP contribution is -2.14. The fraction of sp³-hybridized carbons (Fsp3) is 0.0400. The van der Waals surface area contributed by atoms with E-state index in [0.717, 1.165) is 32.9 Å². The second-order valence-corrected chi connectivity index (χ2v) is 9.81. The Kier molecular flexibility index (Phi) is 6.59. The van der Waals surface area contributed by atoms with Crippen molar-refractivity contribution in [1.29, 1.82) is 0 Å². The lowest BCUT2D eigenvalue weighted by atomic mass is 10.1. The molecule has 0 fully saturated rings. The van der Waals surface area contributed by atoms with Crippen LogP contribution < -0.4 is 5.32 Å². The van der Waals surface area contributed by atoms with Crippen LogP contribution in [0, 0.1) is 0 Å². The van der Waals surface area contributed by atoms with Crippen LogP contribution in [0.25, 0.3) is 27.0 Å². The number of carboxylic acids is 1. The summed E-state index contributed by atoms with van der Waals surface area (Å²) in [6.45, 7) is 0. The van der Waals surface area contributed by atoms with Crippen LogP contribution in [0.2, 0.25) is 10.0 Å². The van der Waals surface area contributed by atoms with Gasteiger partial charge in [0.2, 0.25) is 0 Å². The van der Waals surface area contributed by atoms with Crippen LogP contribution >= 0.6 is 34.5 Å². The smallest absolute Gasteiger partial charge is 0.417 e. The number of halogens is 5. The highest BCUT2D eigenvalue weighted by atomic mass is 35.5. The van der Waals surface area contributed by atoms with Gasteiger partial charge in [-0.15, -0.1) is 16.4 Å². The van der Waals surface area contributed by atoms with Gasteiger partial charge < -0.3 is 10.4 Å². The fourth-order valence-electron chi connectivity index (χ4n) is 3.73. The summed E-state index contributed by atoms with van der Waals surface area (Å²) in [4.78, 5) is 25.1. The van der Waals surface area contributed by atoms with Crippen molar-refractivity contribution in [2.45, 2.75) is 6.18 Å². The number of thiophene rings is 1. The molecule has 0 aliphatic carbocycles. The van der Waals surface area contributed by atoms with Gasteiger partial charge in [-0.3, -0.25) is 4.79 Å². The van der Waals surface area contributed by atoms with Crippen LogP contribution in [0.1, 0.15) is 25.6 Å². The van der Waals surface area contributed by atoms with E-state index in [9.17, 15) is 27.9 Å². The molecule has 7 nitrogen and oxygen atoms in total. The van der Waals surface area contributed by atoms with Gasteiger partial charge in [-0.1, -0.05) is 52.7 Å². The van der Waals surface area contributed by atoms with E-state index >= 15 is 0 Å². The van der Waals surface area contributed by atoms with E-state index in [-0.39, 0.29) is 32.5 Å². The van der Waals surface area contributed by atoms with Crippen molar-refractivity contribution in [3.05, 3.63) is 92.9 Å². The third-order valence-electron chi connectivity index (χ3n) is 5.55. The minimum absolute atomic E-state index is 0.0195. The van der Waals surface area contributed by atoms with Crippen molar-refractivity contribution < 1.29 is 27.9 Å². The predicted molar refractivity (Wildman–Crippen MR) is 139 cm³/mol. The van der Waals surface area contributed by atoms with Crippen molar-refractivity contribution in [2.75, 3.05) is 5.32 Å². The first kappa shape index (κ1) is 25.7. The zero-order valence-corrected chi connectivity index (χ0v) is 21.1. The van der Waals surface area contributed by atoms with Crippen LogP contribution in [0.5, 0.6) is 0 Å². The highest BCUT2D eigenvalue weighted by Crippen LogP contribution is 2.37. The SMILES string of the molecule is O=C(O)c1ccc(-c2cn(-c3ccc(Cl)c(C(F)(F)F)c3)nn2)cc1NC(=O)c1sc2ccccc2c1Cl. The number of fused-ring (bicyclic) bond motifs is 1. The molecule has 0 atom stereocenters. The Morgan fingerprint density at radius 2 is 1.79 bits per heavy atom. The van der Waals surface area contributed by atoms with Gasteiger partial charge in [-0.2, -0.15) is 13.2 Å². The number of amides is 1. The molecule has 0 aliphatic rings. The average molecular weight is 577 g/mol. The Morgan fingerprint density at radius 3 is 2.50 bits per heavy atom. The van der Waals surface area contributed by atoms with E-state index in [1.54, 1.807) is 12.1 Å². The van der Waals surface area contributed by atoms with Crippen molar-refractivity contribution in [2.24, 2.45) is 0 Å². The van der Waals surface area contributed by atoms with Crippen molar-refractivity contribution in [1.82, 2.24) is 15.0 Å². The number of carbonyl (C=O) groups excluding carboxylic acids is 1. The van der Waals surface area contributed by atoms with Gasteiger partial charge in [-0.05, 0) is 36.4 Å². The molecule has 5 rings (SSSR count). The summed E-state index contributed by atoms with van der Waals surface area (Å²) in [5, 5.41) is 20.6. The maximum atomic E-state index is 13.3. The minimum atomic E-state index is -4.66. The Balaban J connectivity index is 1.49. The molecule has 0 radical (unpaired) electrons. The van der Waals surface area contributed by atoms with Crippen LogP contribution in [-0.4, -0.2) is 32.0 Å². The van der Waals surface area contributed by atoms with E-state index in [0.29, 0.717) is 10.9 Å². The number of nitrogens with one attached hydrogen (secondary N) is 1. The predicted octanol–water partition coefficient (Wildman–Crippen LogP) is 7.43. The van der Waals surface area contributed by atoms with Gasteiger partial charge in [0.05, 0.1) is 38.7 Å². The van der Waals surface area contributed by atoms with E-state index in [1.165, 1.54) is 30.5 Å². The first-order chi connectivity index (χ1) is 18.0. The topological polar surface area (TPSA) is 97.1 Å². The number of benzene rings is 3. The molecule has 192 valence electrons. The van der Waals surface area contributed by atoms with Gasteiger partial charge in [0.25, 0.3) is 5.91 Å². The maximum Gasteiger partial charge on any atom is 0.417 e. The largest absolute Gasteiger partial charge is 0.478 e. The number of rotatable bonds is 5. The summed E-state index contributed by atoms with van der Waals surface area (Å²) < 4.78 is 41.7. The number of carbonyl (C=O) groups is 2. The Labute approximate surface area is 226 Å². The Bertz CT molecular complexity index is 1730. The van der Waals surface area contributed by atoms with Crippen LogP contribution in [0.4, 0.5) is 18.9 Å². The minimum Gasteiger partial charge on any atom is -0.478 e. The number of nitrogens with zero attached hydrogens (tertiary/aromatic N) is 3. The summed E-state index contributed by atoms with van der Waals surface area (Å²) in [6.07, 6.45) is -3.29. The molecule has 0 saturated heterocycles. The van der Waals surface area contributed by atoms with Crippen molar-refractivity contribution in [3.63, 3.8) is 0 Å². The maximum absolute atomic E-state index is 13.3. The lowest BCUT2D eigenvalue weighted by molar-refractivity contribution is -0.137. The number of hydrogen-bond acceptors (Lipinski definition) is 5. The van der Waals surface area contributed by atoms with E-state index < -0.39 is 28.6 Å². The van der Waals surface area contributed by atoms with Gasteiger partial charge in [0.1, 0.15) is 10.6 Å². The number of alkyl halides is 3. The van der Waals surface area contributed by atoms with E-state index in [2.05, 4.69) is 15.6 Å². The molecule has 0 bridgehead atoms. The Morgan fingerprint density at radius 1 is 1.03 bits per heavy atom. The summed E-state index contributed by atoms with van der Waals surface area (Å²) in [5.41, 5.74) is -0.571. The molecular weight excluding hydrogens is 564 g/mol. The summed E-state index contributed by atoms with van der Waals surface area (Å²) in [5.74, 6) is -1.88. The molecule has 2 aromatic heterocycles. The summed E-state index contributed by atoms with van der Waals surface area (Å²) in [7, 11) is 0. The molecule has 1 amide bonds. The summed E-state index contributed by atoms with van der Waals surface area (Å²) >= 11 is 13.2. The quantitative estimate of drug-likeness (QED) is 0.227. The molecule has 0 spiro atoms. The Hall–Kier alpha value is -3.93. The zero-order valence-electron chi connectivity index (χ0n) is 18.8. The van der Waals surface area contributed by atoms with Crippen molar-refractivity contribution in [3.8, 4) is 16.9 Å². The summed E-state index contributed by atoms with van der Waals surface area (Å²) in [6, 6.07) is 14.6. The number of aromatic carboxylic acids is 1. The molecule has 38 heavy (non-hydrogen) atoms. The average Bonchev–Trinajstić information content (AvgIpc) is 3.49. The third-order valence-corrected chi connectivity index (χ3v) is 7.55. The zero-order chi connectivity index (χ0) is 27.2. The highest BCUT2D eigenvalue weighted by Gasteiger charge is 2.33. The monoisotopic (exact) mass is 576 g/mol. The van der Waals surface area contributed by atoms with Crippen LogP contribution in [-0.2, 0) is 6.18 Å². The standard InChI is InChI=1S/C25H13Cl2F3N4O3S/c26-17-8-6-13(10-16(17)25(28,29)30)34-11-19(32-33-34)12-5-7-14(24(36)37)18(9-12)31-23(35)22-21(27)15-3-1-2-4-20(15)38-22/h1-11H,(H,31,35)(H,36,37). The third kappa shape index (κ3) is 4.83. The van der Waals surface area contributed by atoms with Gasteiger partial charge in [0, 0.05) is 15.6 Å². The molecule has 2 heterocycles. The van der Waals surface area contributed by atoms with Crippen LogP contribution in [0.3, 0.4) is 0 Å². The highest BCUT2D eigenvalue weighted by molar-refractivity contribution is 7.21. The second kappa shape index (κ2) is 9.75. The molecule has 5 aromatic rings. The normalized spacial score (nSPS) is 11.6. The molecule has 3 aromatic carbocycles. The molecule has 0 aliphatic heterocycles. The van der Waals surface area contributed by atoms with E-state index in [1.807, 2.05) is 12.1 Å². The molecule has 13 heteroatoms. The first-order valence-corrected chi connectivity index (χ1v) is 12.3. The second-order valence-electron chi connectivity index (χ2n) is 7.97. The van der Waals surface area contributed by atoms with E-state index in [4.69, 9.17) is 23.2 Å². The number of carboxylic acid groups (broad SMARTS) is 1. The fourth-order valence-corrected chi connectivity index (χ4v) is 5.36. The number of anilines is 1. The van der Waals surface area contributed by atoms with Gasteiger partial charge >= 0.3 is 12.1 Å². The number of hydrogen-bond donors (Lipinski definition) is 2. The molecule has 0 saturated carbocycles. The van der Waals surface area contributed by atoms with Gasteiger partial charge in [-0.25, -0.2) is 9.48 Å².